The van der Waals surface area contributed by atoms with E-state index in [1.807, 2.05) is 11.0 Å². The minimum absolute atomic E-state index is 0.203. The summed E-state index contributed by atoms with van der Waals surface area (Å²) in [6.07, 6.45) is 1.26. The van der Waals surface area contributed by atoms with Crippen LogP contribution < -0.4 is 5.32 Å². The summed E-state index contributed by atoms with van der Waals surface area (Å²) in [5.74, 6) is -0.0940. The minimum atomic E-state index is -0.682. The summed E-state index contributed by atoms with van der Waals surface area (Å²) in [7, 11) is 1.62. The van der Waals surface area contributed by atoms with Crippen molar-refractivity contribution in [3.8, 4) is 0 Å². The Kier molecular flexibility index (Phi) is 5.23. The van der Waals surface area contributed by atoms with Crippen LogP contribution in [0.1, 0.15) is 5.56 Å². The highest BCUT2D eigenvalue weighted by atomic mass is 19.1. The van der Waals surface area contributed by atoms with Crippen molar-refractivity contribution in [2.24, 2.45) is 4.99 Å². The van der Waals surface area contributed by atoms with Crippen molar-refractivity contribution in [1.29, 1.82) is 0 Å². The van der Waals surface area contributed by atoms with E-state index in [2.05, 4.69) is 21.7 Å². The maximum atomic E-state index is 14.3. The van der Waals surface area contributed by atoms with Crippen LogP contribution in [0.5, 0.6) is 0 Å². The molecule has 3 heterocycles. The summed E-state index contributed by atoms with van der Waals surface area (Å²) in [5.41, 5.74) is 0.485. The van der Waals surface area contributed by atoms with Crippen LogP contribution in [0.2, 0.25) is 0 Å². The van der Waals surface area contributed by atoms with Crippen molar-refractivity contribution in [3.05, 3.63) is 48.3 Å². The first-order valence-corrected chi connectivity index (χ1v) is 9.73. The average molecular weight is 400 g/mol. The summed E-state index contributed by atoms with van der Waals surface area (Å²) < 4.78 is 14.3. The third kappa shape index (κ3) is 3.57. The van der Waals surface area contributed by atoms with Gasteiger partial charge in [-0.05, 0) is 6.07 Å². The first-order valence-electron chi connectivity index (χ1n) is 9.73. The van der Waals surface area contributed by atoms with Crippen molar-refractivity contribution in [2.45, 2.75) is 18.8 Å². The molecule has 1 aromatic rings. The number of rotatable bonds is 4. The van der Waals surface area contributed by atoms with E-state index in [1.54, 1.807) is 25.2 Å². The van der Waals surface area contributed by atoms with Crippen molar-refractivity contribution in [2.75, 3.05) is 39.8 Å². The number of hydrogen-bond acceptors (Lipinski definition) is 6. The largest absolute Gasteiger partial charge is 0.340 e. The second kappa shape index (κ2) is 7.82. The number of imide groups is 1. The number of fused-ring (bicyclic) bond motifs is 1. The molecule has 2 fully saturated rings. The van der Waals surface area contributed by atoms with Crippen molar-refractivity contribution in [3.63, 3.8) is 0 Å². The molecule has 3 amide bonds. The number of piperazine rings is 1. The summed E-state index contributed by atoms with van der Waals surface area (Å²) in [6.45, 7) is 7.97. The number of hydrogen-bond donors (Lipinski definition) is 1. The monoisotopic (exact) mass is 400 g/mol. The quantitative estimate of drug-likeness (QED) is 0.753. The molecule has 3 aliphatic heterocycles. The van der Waals surface area contributed by atoms with E-state index >= 15 is 0 Å². The molecule has 0 saturated carbocycles. The molecule has 2 saturated heterocycles. The van der Waals surface area contributed by atoms with Gasteiger partial charge in [0.15, 0.2) is 18.2 Å². The Morgan fingerprint density at radius 2 is 1.97 bits per heavy atom. The van der Waals surface area contributed by atoms with E-state index in [0.717, 1.165) is 32.7 Å². The number of carbonyl (C=O) groups is 2. The van der Waals surface area contributed by atoms with Crippen LogP contribution >= 0.6 is 0 Å². The molecule has 9 heteroatoms. The highest BCUT2D eigenvalue weighted by Gasteiger charge is 2.49. The van der Waals surface area contributed by atoms with Crippen LogP contribution in [-0.4, -0.2) is 89.5 Å². The van der Waals surface area contributed by atoms with Gasteiger partial charge in [0, 0.05) is 51.9 Å². The molecule has 0 bridgehead atoms. The van der Waals surface area contributed by atoms with Gasteiger partial charge in [0.05, 0.1) is 0 Å². The lowest BCUT2D eigenvalue weighted by atomic mass is 10.1. The zero-order valence-corrected chi connectivity index (χ0v) is 16.4. The van der Waals surface area contributed by atoms with Gasteiger partial charge in [0.2, 0.25) is 0 Å². The number of nitrogens with zero attached hydrogens (tertiary/aromatic N) is 5. The number of likely N-dealkylation sites (N-methyl/N-ethyl adjacent to an activating group) is 1. The van der Waals surface area contributed by atoms with Gasteiger partial charge < -0.3 is 14.7 Å². The molecule has 0 aliphatic carbocycles. The molecule has 1 N–H and O–H groups in total. The predicted molar refractivity (Wildman–Crippen MR) is 106 cm³/mol. The lowest BCUT2D eigenvalue weighted by Gasteiger charge is -2.40. The number of aliphatic imine (C=N–C) groups is 1. The van der Waals surface area contributed by atoms with E-state index in [0.29, 0.717) is 11.5 Å². The van der Waals surface area contributed by atoms with Gasteiger partial charge in [-0.15, -0.1) is 6.58 Å². The zero-order chi connectivity index (χ0) is 20.5. The summed E-state index contributed by atoms with van der Waals surface area (Å²) in [6, 6.07) is 5.37. The Labute approximate surface area is 169 Å². The molecule has 3 aliphatic rings. The Hall–Kier alpha value is -2.94. The predicted octanol–water partition coefficient (Wildman–Crippen LogP) is 0.677. The van der Waals surface area contributed by atoms with Crippen LogP contribution in [-0.2, 0) is 11.3 Å². The molecule has 1 aromatic carbocycles. The number of halogens is 1. The molecule has 29 heavy (non-hydrogen) atoms. The van der Waals surface area contributed by atoms with Gasteiger partial charge in [-0.2, -0.15) is 0 Å². The molecule has 2 unspecified atom stereocenters. The Bertz CT molecular complexity index is 851. The molecule has 4 rings (SSSR count). The van der Waals surface area contributed by atoms with Gasteiger partial charge in [0.1, 0.15) is 5.82 Å². The maximum absolute atomic E-state index is 14.3. The topological polar surface area (TPSA) is 71.5 Å². The first-order chi connectivity index (χ1) is 14.0. The highest BCUT2D eigenvalue weighted by molar-refractivity contribution is 6.03. The lowest BCUT2D eigenvalue weighted by Crippen LogP contribution is -2.64. The summed E-state index contributed by atoms with van der Waals surface area (Å²) in [5, 5.41) is 2.38. The molecular weight excluding hydrogens is 375 g/mol. The fourth-order valence-electron chi connectivity index (χ4n) is 4.07. The number of benzene rings is 1. The SMILES string of the molecule is C=CCN1CCN(C2=NC3C(C(=O)NC(=O)N3C)N2Cc2ccccc2F)CC1. The molecule has 0 spiro atoms. The minimum Gasteiger partial charge on any atom is -0.340 e. The molecule has 0 aromatic heterocycles. The fraction of sp³-hybridized carbons (Fsp3) is 0.450. The van der Waals surface area contributed by atoms with Gasteiger partial charge >= 0.3 is 6.03 Å². The maximum Gasteiger partial charge on any atom is 0.325 e. The fourth-order valence-corrected chi connectivity index (χ4v) is 4.07. The first kappa shape index (κ1) is 19.4. The van der Waals surface area contributed by atoms with Crippen molar-refractivity contribution in [1.82, 2.24) is 24.9 Å². The molecule has 0 radical (unpaired) electrons. The van der Waals surface area contributed by atoms with Gasteiger partial charge in [-0.25, -0.2) is 14.2 Å². The van der Waals surface area contributed by atoms with Gasteiger partial charge in [0.25, 0.3) is 5.91 Å². The van der Waals surface area contributed by atoms with Crippen LogP contribution in [0, 0.1) is 5.82 Å². The Morgan fingerprint density at radius 3 is 2.66 bits per heavy atom. The van der Waals surface area contributed by atoms with E-state index in [4.69, 9.17) is 4.99 Å². The van der Waals surface area contributed by atoms with E-state index in [-0.39, 0.29) is 12.4 Å². The Balaban J connectivity index is 1.63. The standard InChI is InChI=1S/C20H25FN6O2/c1-3-8-25-9-11-26(12-10-25)19-22-17-16(18(28)23-20(29)24(17)2)27(19)13-14-6-4-5-7-15(14)21/h3-7,16-17H,1,8-13H2,2H3,(H,23,28,29). The number of nitrogens with one attached hydrogen (secondary N) is 1. The lowest BCUT2D eigenvalue weighted by molar-refractivity contribution is -0.127. The average Bonchev–Trinajstić information content (AvgIpc) is 3.09. The third-order valence-corrected chi connectivity index (χ3v) is 5.68. The number of carbonyl (C=O) groups excluding carboxylic acids is 2. The zero-order valence-electron chi connectivity index (χ0n) is 16.4. The van der Waals surface area contributed by atoms with Gasteiger partial charge in [-0.1, -0.05) is 24.3 Å². The van der Waals surface area contributed by atoms with Crippen molar-refractivity contribution < 1.29 is 14.0 Å². The van der Waals surface area contributed by atoms with Gasteiger partial charge in [-0.3, -0.25) is 15.0 Å². The van der Waals surface area contributed by atoms with Crippen LogP contribution in [0.15, 0.2) is 41.9 Å². The second-order valence-corrected chi connectivity index (χ2v) is 7.49. The van der Waals surface area contributed by atoms with E-state index in [9.17, 15) is 14.0 Å². The van der Waals surface area contributed by atoms with Crippen LogP contribution in [0.25, 0.3) is 0 Å². The number of guanidine groups is 1. The summed E-state index contributed by atoms with van der Waals surface area (Å²) >= 11 is 0. The smallest absolute Gasteiger partial charge is 0.325 e. The molecule has 2 atom stereocenters. The highest BCUT2D eigenvalue weighted by Crippen LogP contribution is 2.28. The van der Waals surface area contributed by atoms with E-state index in [1.165, 1.54) is 11.0 Å². The van der Waals surface area contributed by atoms with E-state index < -0.39 is 24.1 Å². The number of urea groups is 1. The van der Waals surface area contributed by atoms with Crippen LogP contribution in [0.4, 0.5) is 9.18 Å². The number of amides is 3. The molecular formula is C20H25FN6O2. The van der Waals surface area contributed by atoms with Crippen molar-refractivity contribution >= 4 is 17.9 Å². The third-order valence-electron chi connectivity index (χ3n) is 5.68. The van der Waals surface area contributed by atoms with Crippen LogP contribution in [0.3, 0.4) is 0 Å². The normalized spacial score (nSPS) is 25.0. The molecule has 154 valence electrons. The second-order valence-electron chi connectivity index (χ2n) is 7.49. The summed E-state index contributed by atoms with van der Waals surface area (Å²) in [4.78, 5) is 37.2. The molecule has 8 nitrogen and oxygen atoms in total. The Morgan fingerprint density at radius 1 is 1.24 bits per heavy atom.